The van der Waals surface area contributed by atoms with Gasteiger partial charge in [-0.3, -0.25) is 24.1 Å². The summed E-state index contributed by atoms with van der Waals surface area (Å²) in [5, 5.41) is 8.53. The Balaban J connectivity index is 0.763. The first-order chi connectivity index (χ1) is 33.3. The Hall–Kier alpha value is -6.82. The third kappa shape index (κ3) is 12.2. The van der Waals surface area contributed by atoms with Crippen LogP contribution in [0.1, 0.15) is 84.3 Å². The number of nitrogens with one attached hydrogen (secondary N) is 1. The Morgan fingerprint density at radius 1 is 0.838 bits per heavy atom. The number of carbonyl (C=O) groups is 5. The van der Waals surface area contributed by atoms with Crippen LogP contribution in [0.2, 0.25) is 0 Å². The van der Waals surface area contributed by atoms with Gasteiger partial charge in [-0.25, -0.2) is 14.6 Å². The van der Waals surface area contributed by atoms with Crippen LogP contribution in [0.4, 0.5) is 0 Å². The number of carbonyl (C=O) groups excluding carboxylic acids is 5. The third-order valence-corrected chi connectivity index (χ3v) is 11.8. The highest BCUT2D eigenvalue weighted by Crippen LogP contribution is 2.35. The smallest absolute Gasteiger partial charge is 0.266 e. The number of aromatic nitrogens is 4. The summed E-state index contributed by atoms with van der Waals surface area (Å²) in [6.45, 7) is 5.79. The van der Waals surface area contributed by atoms with Gasteiger partial charge in [0, 0.05) is 38.7 Å². The van der Waals surface area contributed by atoms with Gasteiger partial charge in [0.25, 0.3) is 11.8 Å². The van der Waals surface area contributed by atoms with Crippen LogP contribution < -0.4 is 14.8 Å². The molecule has 0 spiro atoms. The number of para-hydroxylation sites is 1. The maximum absolute atomic E-state index is 13.3. The number of piperidine rings is 1. The van der Waals surface area contributed by atoms with Crippen molar-refractivity contribution in [2.24, 2.45) is 0 Å². The maximum atomic E-state index is 13.3. The average Bonchev–Trinajstić information content (AvgIpc) is 3.89. The lowest BCUT2D eigenvalue weighted by molar-refractivity contribution is -0.127. The van der Waals surface area contributed by atoms with Crippen LogP contribution in [0, 0.1) is 0 Å². The summed E-state index contributed by atoms with van der Waals surface area (Å²) < 4.78 is 30.8. The monoisotopic (exact) mass is 929 g/mol. The van der Waals surface area contributed by atoms with Crippen LogP contribution in [-0.2, 0) is 35.0 Å². The van der Waals surface area contributed by atoms with Crippen LogP contribution in [0.5, 0.6) is 17.2 Å². The molecule has 17 heteroatoms. The molecule has 2 aromatic heterocycles. The molecule has 2 atom stereocenters. The number of aryl methyl sites for hydroxylation is 1. The minimum Gasteiger partial charge on any atom is -0.490 e. The summed E-state index contributed by atoms with van der Waals surface area (Å²) >= 11 is 0. The zero-order valence-corrected chi connectivity index (χ0v) is 38.7. The lowest BCUT2D eigenvalue weighted by Crippen LogP contribution is -2.48. The zero-order chi connectivity index (χ0) is 47.7. The van der Waals surface area contributed by atoms with Crippen molar-refractivity contribution in [1.29, 1.82) is 0 Å². The normalized spacial score (nSPS) is 15.2. The number of hydrogen-bond donors (Lipinski definition) is 1. The van der Waals surface area contributed by atoms with E-state index < -0.39 is 23.8 Å². The molecule has 1 fully saturated rings. The summed E-state index contributed by atoms with van der Waals surface area (Å²) in [6, 6.07) is 21.2. The van der Waals surface area contributed by atoms with Gasteiger partial charge in [0.1, 0.15) is 48.2 Å². The second-order valence-electron chi connectivity index (χ2n) is 16.3. The van der Waals surface area contributed by atoms with Crippen molar-refractivity contribution in [1.82, 2.24) is 34.9 Å². The number of fused-ring (bicyclic) bond motifs is 2. The molecule has 4 heterocycles. The first-order valence-corrected chi connectivity index (χ1v) is 23.4. The molecule has 1 N–H and O–H groups in total. The number of amides is 4. The second kappa shape index (κ2) is 24.8. The van der Waals surface area contributed by atoms with Gasteiger partial charge in [-0.1, -0.05) is 37.3 Å². The van der Waals surface area contributed by atoms with E-state index in [1.165, 1.54) is 13.1 Å². The van der Waals surface area contributed by atoms with Crippen molar-refractivity contribution in [3.8, 4) is 28.5 Å². The van der Waals surface area contributed by atoms with Crippen molar-refractivity contribution in [2.45, 2.75) is 70.4 Å². The third-order valence-electron chi connectivity index (χ3n) is 11.8. The van der Waals surface area contributed by atoms with E-state index in [9.17, 15) is 24.0 Å². The molecular formula is C51H59N7O10. The fourth-order valence-corrected chi connectivity index (χ4v) is 8.37. The fourth-order valence-electron chi connectivity index (χ4n) is 8.37. The molecule has 5 aromatic rings. The number of aldehydes is 1. The van der Waals surface area contributed by atoms with Crippen molar-refractivity contribution >= 4 is 40.9 Å². The molecular weight excluding hydrogens is 871 g/mol. The molecule has 0 radical (unpaired) electrons. The first-order valence-electron chi connectivity index (χ1n) is 23.4. The van der Waals surface area contributed by atoms with E-state index in [1.807, 2.05) is 70.3 Å². The Labute approximate surface area is 395 Å². The van der Waals surface area contributed by atoms with Gasteiger partial charge in [-0.15, -0.1) is 0 Å². The lowest BCUT2D eigenvalue weighted by Gasteiger charge is -2.32. The number of benzene rings is 3. The van der Waals surface area contributed by atoms with Crippen molar-refractivity contribution in [3.05, 3.63) is 108 Å². The quantitative estimate of drug-likeness (QED) is 0.0272. The number of rotatable bonds is 26. The van der Waals surface area contributed by atoms with E-state index in [1.54, 1.807) is 24.5 Å². The lowest BCUT2D eigenvalue weighted by atomic mass is 10.1. The summed E-state index contributed by atoms with van der Waals surface area (Å²) in [6.07, 6.45) is 10.9. The largest absolute Gasteiger partial charge is 0.490 e. The first kappa shape index (κ1) is 49.1. The number of unbranched alkanes of at least 4 members (excludes halogenated alkanes) is 2. The van der Waals surface area contributed by atoms with Gasteiger partial charge >= 0.3 is 0 Å². The summed E-state index contributed by atoms with van der Waals surface area (Å²) in [7, 11) is 1.41. The standard InChI is InChI=1S/C51H59N7O10/c1-3-41-46-47(36-21-23-39(24-22-36)68-38-15-7-6-8-16-38)55-58(48(46)54-35-53-41)37-14-12-25-56(34-37)44(60)20-9-4-5-10-27-64-28-29-65-30-31-66-32-33-67-43-19-11-17-40-45(43)51(63)57(50(40)62)42(18-13-26-59)49(61)52-2/h6-9,11,15-17,19-24,26,35,37,42H,3-5,10,12-14,18,25,27-34H2,1-2H3,(H,52,61)/b20-9+. The van der Waals surface area contributed by atoms with Crippen LogP contribution in [0.15, 0.2) is 91.3 Å². The van der Waals surface area contributed by atoms with E-state index in [4.69, 9.17) is 33.8 Å². The molecule has 3 aromatic carbocycles. The Morgan fingerprint density at radius 2 is 1.57 bits per heavy atom. The summed E-state index contributed by atoms with van der Waals surface area (Å²) in [5.74, 6) is -0.0630. The summed E-state index contributed by atoms with van der Waals surface area (Å²) in [5.41, 5.74) is 3.70. The highest BCUT2D eigenvalue weighted by Gasteiger charge is 2.44. The SMILES string of the molecule is CCc1ncnc2c1c(-c1ccc(Oc3ccccc3)cc1)nn2C1CCCN(C(=O)/C=C/CCCCOCCOCCOCCOc2cccc3c2C(=O)N(C(CCC=O)C(=O)NC)C3=O)C1. The van der Waals surface area contributed by atoms with E-state index in [0.29, 0.717) is 52.4 Å². The van der Waals surface area contributed by atoms with E-state index in [2.05, 4.69) is 17.2 Å². The van der Waals surface area contributed by atoms with Gasteiger partial charge in [0.05, 0.1) is 61.3 Å². The van der Waals surface area contributed by atoms with E-state index in [0.717, 1.165) is 82.9 Å². The molecule has 0 bridgehead atoms. The Kier molecular flexibility index (Phi) is 17.9. The van der Waals surface area contributed by atoms with E-state index >= 15 is 0 Å². The van der Waals surface area contributed by atoms with Gasteiger partial charge in [-0.2, -0.15) is 5.10 Å². The Bertz CT molecular complexity index is 2530. The number of ether oxygens (including phenoxy) is 5. The van der Waals surface area contributed by atoms with Crippen molar-refractivity contribution in [3.63, 3.8) is 0 Å². The topological polar surface area (TPSA) is 194 Å². The highest BCUT2D eigenvalue weighted by atomic mass is 16.6. The molecule has 1 saturated heterocycles. The number of likely N-dealkylation sites (N-methyl/N-ethyl adjacent to an activating group) is 1. The fraction of sp³-hybridized carbons (Fsp3) is 0.412. The second-order valence-corrected chi connectivity index (χ2v) is 16.3. The summed E-state index contributed by atoms with van der Waals surface area (Å²) in [4.78, 5) is 75.3. The zero-order valence-electron chi connectivity index (χ0n) is 38.7. The van der Waals surface area contributed by atoms with Gasteiger partial charge in [0.15, 0.2) is 5.65 Å². The predicted molar refractivity (Wildman–Crippen MR) is 253 cm³/mol. The average molecular weight is 930 g/mol. The maximum Gasteiger partial charge on any atom is 0.266 e. The number of allylic oxidation sites excluding steroid dienone is 1. The highest BCUT2D eigenvalue weighted by molar-refractivity contribution is 6.24. The molecule has 68 heavy (non-hydrogen) atoms. The van der Waals surface area contributed by atoms with Crippen LogP contribution in [0.25, 0.3) is 22.3 Å². The molecule has 0 aliphatic carbocycles. The van der Waals surface area contributed by atoms with Crippen LogP contribution >= 0.6 is 0 Å². The molecule has 2 aliphatic heterocycles. The number of hydrogen-bond acceptors (Lipinski definition) is 13. The predicted octanol–water partition coefficient (Wildman–Crippen LogP) is 6.56. The van der Waals surface area contributed by atoms with Crippen molar-refractivity contribution in [2.75, 3.05) is 66.4 Å². The number of nitrogens with zero attached hydrogens (tertiary/aromatic N) is 6. The van der Waals surface area contributed by atoms with Gasteiger partial charge < -0.3 is 38.7 Å². The van der Waals surface area contributed by atoms with Crippen LogP contribution in [-0.4, -0.2) is 132 Å². The molecule has 2 unspecified atom stereocenters. The molecule has 17 nitrogen and oxygen atoms in total. The number of imide groups is 1. The van der Waals surface area contributed by atoms with Gasteiger partial charge in [-0.05, 0) is 99.6 Å². The Morgan fingerprint density at radius 3 is 2.31 bits per heavy atom. The van der Waals surface area contributed by atoms with Gasteiger partial charge in [0.2, 0.25) is 11.8 Å². The molecule has 7 rings (SSSR count). The molecule has 0 saturated carbocycles. The molecule has 358 valence electrons. The minimum atomic E-state index is -1.11. The molecule has 4 amide bonds. The van der Waals surface area contributed by atoms with Crippen molar-refractivity contribution < 1.29 is 47.7 Å². The molecule has 2 aliphatic rings. The van der Waals surface area contributed by atoms with Crippen LogP contribution in [0.3, 0.4) is 0 Å². The van der Waals surface area contributed by atoms with E-state index in [-0.39, 0.29) is 54.9 Å². The number of likely N-dealkylation sites (tertiary alicyclic amines) is 1. The minimum absolute atomic E-state index is 0.00311.